The number of hydrogen-bond donors (Lipinski definition) is 2. The van der Waals surface area contributed by atoms with Gasteiger partial charge in [0.2, 0.25) is 5.91 Å². The van der Waals surface area contributed by atoms with Crippen LogP contribution in [0.5, 0.6) is 0 Å². The number of aliphatic hydroxyl groups is 1. The molecule has 0 aliphatic heterocycles. The topological polar surface area (TPSA) is 90.4 Å². The van der Waals surface area contributed by atoms with Crippen LogP contribution in [0.3, 0.4) is 0 Å². The van der Waals surface area contributed by atoms with Crippen molar-refractivity contribution < 1.29 is 23.1 Å². The minimum atomic E-state index is -4.46. The van der Waals surface area contributed by atoms with Crippen molar-refractivity contribution in [1.82, 2.24) is 4.90 Å². The molecule has 1 fully saturated rings. The van der Waals surface area contributed by atoms with Gasteiger partial charge in [0.1, 0.15) is 0 Å². The number of hydrogen-bond acceptors (Lipinski definition) is 4. The molecule has 2 aliphatic carbocycles. The maximum absolute atomic E-state index is 13.7. The molecule has 0 heterocycles. The van der Waals surface area contributed by atoms with Crippen molar-refractivity contribution in [3.63, 3.8) is 0 Å². The molecule has 1 aromatic rings. The lowest BCUT2D eigenvalue weighted by atomic mass is 9.59. The lowest BCUT2D eigenvalue weighted by molar-refractivity contribution is -0.144. The Hall–Kier alpha value is -2.18. The first-order chi connectivity index (χ1) is 14.4. The average Bonchev–Trinajstić information content (AvgIpc) is 2.96. The summed E-state index contributed by atoms with van der Waals surface area (Å²) in [6, 6.07) is 7.20. The van der Waals surface area contributed by atoms with Crippen molar-refractivity contribution in [2.24, 2.45) is 23.0 Å². The summed E-state index contributed by atoms with van der Waals surface area (Å²) in [5.41, 5.74) is 7.02. The number of nitrogens with zero attached hydrogens (tertiary/aromatic N) is 2. The zero-order chi connectivity index (χ0) is 23.1. The summed E-state index contributed by atoms with van der Waals surface area (Å²) in [4.78, 5) is 14.5. The first kappa shape index (κ1) is 23.5. The smallest absolute Gasteiger partial charge is 0.390 e. The summed E-state index contributed by atoms with van der Waals surface area (Å²) in [6.45, 7) is 3.19. The Morgan fingerprint density at radius 2 is 1.97 bits per heavy atom. The predicted octanol–water partition coefficient (Wildman–Crippen LogP) is 3.64. The van der Waals surface area contributed by atoms with E-state index < -0.39 is 47.6 Å². The van der Waals surface area contributed by atoms with E-state index in [4.69, 9.17) is 18.0 Å². The molecule has 5 nitrogen and oxygen atoms in total. The van der Waals surface area contributed by atoms with E-state index >= 15 is 0 Å². The third-order valence-electron chi connectivity index (χ3n) is 6.76. The number of aliphatic hydroxyl groups excluding tert-OH is 1. The van der Waals surface area contributed by atoms with E-state index in [1.165, 1.54) is 0 Å². The fourth-order valence-corrected chi connectivity index (χ4v) is 5.75. The van der Waals surface area contributed by atoms with Crippen molar-refractivity contribution in [3.05, 3.63) is 34.9 Å². The molecule has 2 aliphatic rings. The van der Waals surface area contributed by atoms with Crippen LogP contribution in [0.1, 0.15) is 55.7 Å². The molecule has 3 rings (SSSR count). The van der Waals surface area contributed by atoms with Crippen LogP contribution in [-0.4, -0.2) is 39.9 Å². The summed E-state index contributed by atoms with van der Waals surface area (Å²) in [7, 11) is 0. The summed E-state index contributed by atoms with van der Waals surface area (Å²) in [6.07, 6.45) is -4.56. The first-order valence-corrected chi connectivity index (χ1v) is 10.7. The molecule has 3 atom stereocenters. The van der Waals surface area contributed by atoms with Crippen molar-refractivity contribution in [1.29, 1.82) is 5.26 Å². The standard InChI is InChI=1S/C22H26F3N3O2S/c1-12-8-21(9-13(2)18(12)29)10-15-4-3-14(11-26)7-16(15)17(21)19(30)28(20(27)31)6-5-22(23,24)25/h3-4,7,12-13,17-18,29H,5-6,8-10H2,1-2H3,(H2,27,31). The molecule has 9 heteroatoms. The highest BCUT2D eigenvalue weighted by Crippen LogP contribution is 2.58. The second-order valence-corrected chi connectivity index (χ2v) is 9.46. The van der Waals surface area contributed by atoms with Crippen molar-refractivity contribution in [2.75, 3.05) is 6.54 Å². The molecule has 0 radical (unpaired) electrons. The summed E-state index contributed by atoms with van der Waals surface area (Å²) < 4.78 is 38.6. The van der Waals surface area contributed by atoms with Gasteiger partial charge in [0.15, 0.2) is 5.11 Å². The number of thiocarbonyl (C=S) groups is 1. The van der Waals surface area contributed by atoms with Gasteiger partial charge in [-0.25, -0.2) is 0 Å². The number of fused-ring (bicyclic) bond motifs is 1. The lowest BCUT2D eigenvalue weighted by Crippen LogP contribution is -2.50. The van der Waals surface area contributed by atoms with Crippen LogP contribution in [0.2, 0.25) is 0 Å². The largest absolute Gasteiger partial charge is 0.393 e. The van der Waals surface area contributed by atoms with Gasteiger partial charge in [-0.3, -0.25) is 9.69 Å². The van der Waals surface area contributed by atoms with Crippen molar-refractivity contribution in [2.45, 2.75) is 57.7 Å². The number of halogens is 3. The average molecular weight is 454 g/mol. The van der Waals surface area contributed by atoms with Gasteiger partial charge in [0.05, 0.1) is 30.1 Å². The zero-order valence-corrected chi connectivity index (χ0v) is 18.3. The summed E-state index contributed by atoms with van der Waals surface area (Å²) in [5.74, 6) is -1.51. The van der Waals surface area contributed by atoms with Crippen molar-refractivity contribution in [3.8, 4) is 6.07 Å². The SMILES string of the molecule is CC1CC2(Cc3ccc(C#N)cc3C2C(=O)N(CCC(F)(F)F)C(N)=S)CC(C)C1O. The van der Waals surface area contributed by atoms with E-state index in [1.54, 1.807) is 12.1 Å². The highest BCUT2D eigenvalue weighted by atomic mass is 32.1. The Morgan fingerprint density at radius 3 is 2.48 bits per heavy atom. The molecule has 1 aromatic carbocycles. The van der Waals surface area contributed by atoms with Crippen molar-refractivity contribution >= 4 is 23.2 Å². The first-order valence-electron chi connectivity index (χ1n) is 10.3. The van der Waals surface area contributed by atoms with E-state index in [9.17, 15) is 28.3 Å². The second-order valence-electron chi connectivity index (χ2n) is 9.04. The Morgan fingerprint density at radius 1 is 1.35 bits per heavy atom. The number of nitriles is 1. The van der Waals surface area contributed by atoms with Gasteiger partial charge >= 0.3 is 6.18 Å². The minimum Gasteiger partial charge on any atom is -0.393 e. The Balaban J connectivity index is 2.06. The molecule has 1 spiro atoms. The Kier molecular flexibility index (Phi) is 6.36. The molecule has 0 saturated heterocycles. The quantitative estimate of drug-likeness (QED) is 0.682. The second kappa shape index (κ2) is 8.40. The third kappa shape index (κ3) is 4.55. The molecular formula is C22H26F3N3O2S. The number of rotatable bonds is 3. The number of amides is 1. The molecule has 0 aromatic heterocycles. The molecule has 1 amide bonds. The monoisotopic (exact) mass is 453 g/mol. The van der Waals surface area contributed by atoms with Gasteiger partial charge in [0.25, 0.3) is 0 Å². The predicted molar refractivity (Wildman–Crippen MR) is 113 cm³/mol. The van der Waals surface area contributed by atoms with E-state index in [0.717, 1.165) is 10.5 Å². The number of carbonyl (C=O) groups excluding carboxylic acids is 1. The Bertz CT molecular complexity index is 916. The number of carbonyl (C=O) groups is 1. The normalized spacial score (nSPS) is 30.0. The molecule has 3 unspecified atom stereocenters. The fraction of sp³-hybridized carbons (Fsp3) is 0.591. The number of alkyl halides is 3. The lowest BCUT2D eigenvalue weighted by Gasteiger charge is -2.47. The summed E-state index contributed by atoms with van der Waals surface area (Å²) in [5, 5.41) is 19.4. The van der Waals surface area contributed by atoms with E-state index in [1.807, 2.05) is 19.9 Å². The fourth-order valence-electron chi connectivity index (χ4n) is 5.57. The maximum atomic E-state index is 13.7. The third-order valence-corrected chi connectivity index (χ3v) is 6.98. The molecule has 1 saturated carbocycles. The molecule has 31 heavy (non-hydrogen) atoms. The van der Waals surface area contributed by atoms with Crippen LogP contribution in [0.25, 0.3) is 0 Å². The van der Waals surface area contributed by atoms with E-state index in [0.29, 0.717) is 30.4 Å². The number of nitrogens with two attached hydrogens (primary N) is 1. The van der Waals surface area contributed by atoms with Gasteiger partial charge in [-0.2, -0.15) is 18.4 Å². The van der Waals surface area contributed by atoms with Crippen LogP contribution < -0.4 is 5.73 Å². The maximum Gasteiger partial charge on any atom is 0.390 e. The zero-order valence-electron chi connectivity index (χ0n) is 17.4. The molecule has 0 bridgehead atoms. The van der Waals surface area contributed by atoms with Crippen LogP contribution in [0.15, 0.2) is 18.2 Å². The summed E-state index contributed by atoms with van der Waals surface area (Å²) >= 11 is 4.94. The highest BCUT2D eigenvalue weighted by molar-refractivity contribution is 7.80. The minimum absolute atomic E-state index is 0.0859. The molecule has 168 valence electrons. The van der Waals surface area contributed by atoms with Crippen LogP contribution in [0, 0.1) is 28.6 Å². The van der Waals surface area contributed by atoms with Gasteiger partial charge < -0.3 is 10.8 Å². The van der Waals surface area contributed by atoms with Gasteiger partial charge in [-0.05, 0) is 72.0 Å². The van der Waals surface area contributed by atoms with E-state index in [2.05, 4.69) is 6.07 Å². The van der Waals surface area contributed by atoms with Gasteiger partial charge in [0, 0.05) is 6.54 Å². The Labute approximate surface area is 185 Å². The van der Waals surface area contributed by atoms with E-state index in [-0.39, 0.29) is 11.8 Å². The van der Waals surface area contributed by atoms with Crippen LogP contribution >= 0.6 is 12.2 Å². The number of benzene rings is 1. The van der Waals surface area contributed by atoms with Gasteiger partial charge in [-0.1, -0.05) is 19.9 Å². The van der Waals surface area contributed by atoms with Crippen LogP contribution in [0.4, 0.5) is 13.2 Å². The van der Waals surface area contributed by atoms with Gasteiger partial charge in [-0.15, -0.1) is 0 Å². The molecular weight excluding hydrogens is 427 g/mol. The van der Waals surface area contributed by atoms with Crippen LogP contribution in [-0.2, 0) is 11.2 Å². The highest BCUT2D eigenvalue weighted by Gasteiger charge is 2.55. The molecule has 3 N–H and O–H groups in total.